The summed E-state index contributed by atoms with van der Waals surface area (Å²) in [6.07, 6.45) is 3.43. The van der Waals surface area contributed by atoms with Crippen molar-refractivity contribution < 1.29 is 9.53 Å². The molecule has 6 nitrogen and oxygen atoms in total. The van der Waals surface area contributed by atoms with Gasteiger partial charge in [-0.1, -0.05) is 65.2 Å². The minimum absolute atomic E-state index is 0.243. The van der Waals surface area contributed by atoms with Gasteiger partial charge in [-0.15, -0.1) is 0 Å². The molecule has 33 heavy (non-hydrogen) atoms. The lowest BCUT2D eigenvalue weighted by Crippen LogP contribution is -2.24. The molecule has 8 heteroatoms. The van der Waals surface area contributed by atoms with E-state index in [-0.39, 0.29) is 6.61 Å². The number of nitrogens with zero attached hydrogens (tertiary/aromatic N) is 3. The third kappa shape index (κ3) is 5.80. The minimum atomic E-state index is -0.426. The normalized spacial score (nSPS) is 11.0. The number of benzene rings is 3. The van der Waals surface area contributed by atoms with E-state index in [1.54, 1.807) is 29.1 Å². The molecule has 0 aliphatic rings. The molecule has 0 bridgehead atoms. The lowest BCUT2D eigenvalue weighted by atomic mass is 10.1. The molecular formula is C25H20Cl2N4O2. The molecule has 0 atom stereocenters. The van der Waals surface area contributed by atoms with Gasteiger partial charge in [0.2, 0.25) is 0 Å². The zero-order chi connectivity index (χ0) is 23.2. The minimum Gasteiger partial charge on any atom is -0.482 e. The predicted molar refractivity (Wildman–Crippen MR) is 131 cm³/mol. The van der Waals surface area contributed by atoms with Crippen molar-refractivity contribution in [1.82, 2.24) is 15.2 Å². The predicted octanol–water partition coefficient (Wildman–Crippen LogP) is 5.68. The van der Waals surface area contributed by atoms with E-state index in [4.69, 9.17) is 33.0 Å². The summed E-state index contributed by atoms with van der Waals surface area (Å²) < 4.78 is 7.22. The molecule has 1 N–H and O–H groups in total. The highest BCUT2D eigenvalue weighted by molar-refractivity contribution is 6.35. The van der Waals surface area contributed by atoms with Crippen molar-refractivity contribution in [3.05, 3.63) is 100 Å². The molecule has 0 aliphatic carbocycles. The van der Waals surface area contributed by atoms with Crippen molar-refractivity contribution >= 4 is 35.3 Å². The van der Waals surface area contributed by atoms with Crippen LogP contribution in [-0.4, -0.2) is 28.5 Å². The second-order valence-electron chi connectivity index (χ2n) is 7.24. The number of amides is 1. The molecule has 1 aromatic heterocycles. The number of aromatic nitrogens is 2. The van der Waals surface area contributed by atoms with Gasteiger partial charge in [-0.05, 0) is 43.3 Å². The first-order valence-electron chi connectivity index (χ1n) is 10.1. The first-order chi connectivity index (χ1) is 16.0. The van der Waals surface area contributed by atoms with Crippen molar-refractivity contribution in [2.24, 2.45) is 5.10 Å². The van der Waals surface area contributed by atoms with Crippen LogP contribution in [-0.2, 0) is 4.79 Å². The van der Waals surface area contributed by atoms with Crippen molar-refractivity contribution in [2.75, 3.05) is 6.61 Å². The maximum atomic E-state index is 12.2. The Kier molecular flexibility index (Phi) is 7.07. The third-order valence-electron chi connectivity index (χ3n) is 4.70. The molecule has 0 spiro atoms. The van der Waals surface area contributed by atoms with E-state index in [1.807, 2.05) is 61.7 Å². The molecule has 0 aliphatic heterocycles. The summed E-state index contributed by atoms with van der Waals surface area (Å²) >= 11 is 11.9. The molecule has 0 unspecified atom stereocenters. The molecule has 1 heterocycles. The molecule has 1 amide bonds. The summed E-state index contributed by atoms with van der Waals surface area (Å²) in [5.74, 6) is -0.0594. The Labute approximate surface area is 201 Å². The van der Waals surface area contributed by atoms with Gasteiger partial charge in [0.25, 0.3) is 5.91 Å². The lowest BCUT2D eigenvalue weighted by molar-refractivity contribution is -0.123. The van der Waals surface area contributed by atoms with Gasteiger partial charge in [0.15, 0.2) is 6.61 Å². The zero-order valence-corrected chi connectivity index (χ0v) is 19.2. The summed E-state index contributed by atoms with van der Waals surface area (Å²) in [6.45, 7) is 1.78. The number of hydrogen-bond acceptors (Lipinski definition) is 4. The molecule has 0 saturated heterocycles. The van der Waals surface area contributed by atoms with Crippen LogP contribution in [0.25, 0.3) is 16.9 Å². The number of carbonyl (C=O) groups is 1. The number of hydrogen-bond donors (Lipinski definition) is 1. The van der Waals surface area contributed by atoms with Gasteiger partial charge in [0, 0.05) is 22.3 Å². The number of halogens is 2. The quantitative estimate of drug-likeness (QED) is 0.274. The van der Waals surface area contributed by atoms with Crippen LogP contribution in [0.5, 0.6) is 5.75 Å². The summed E-state index contributed by atoms with van der Waals surface area (Å²) in [7, 11) is 0. The van der Waals surface area contributed by atoms with Gasteiger partial charge in [-0.3, -0.25) is 4.79 Å². The summed E-state index contributed by atoms with van der Waals surface area (Å²) in [5, 5.41) is 9.66. The Morgan fingerprint density at radius 2 is 1.91 bits per heavy atom. The number of rotatable bonds is 7. The number of hydrazone groups is 1. The molecular weight excluding hydrogens is 459 g/mol. The first-order valence-corrected chi connectivity index (χ1v) is 10.9. The van der Waals surface area contributed by atoms with Crippen molar-refractivity contribution in [3.8, 4) is 22.7 Å². The topological polar surface area (TPSA) is 68.5 Å². The van der Waals surface area contributed by atoms with E-state index >= 15 is 0 Å². The van der Waals surface area contributed by atoms with Gasteiger partial charge >= 0.3 is 0 Å². The van der Waals surface area contributed by atoms with Gasteiger partial charge in [0.1, 0.15) is 11.4 Å². The maximum absolute atomic E-state index is 12.2. The second kappa shape index (κ2) is 10.3. The molecule has 0 radical (unpaired) electrons. The molecule has 3 aromatic carbocycles. The van der Waals surface area contributed by atoms with E-state index in [0.29, 0.717) is 15.8 Å². The van der Waals surface area contributed by atoms with Crippen LogP contribution in [0.3, 0.4) is 0 Å². The van der Waals surface area contributed by atoms with Crippen LogP contribution in [0.2, 0.25) is 10.0 Å². The SMILES string of the molecule is Cc1cccc(-c2nn(-c3ccccc3)cc2C=NNC(=O)COc2ccc(Cl)cc2Cl)c1. The molecule has 4 rings (SSSR count). The van der Waals surface area contributed by atoms with Gasteiger partial charge in [0.05, 0.1) is 16.9 Å². The van der Waals surface area contributed by atoms with Crippen molar-refractivity contribution in [3.63, 3.8) is 0 Å². The largest absolute Gasteiger partial charge is 0.482 e. The first kappa shape index (κ1) is 22.6. The fraction of sp³-hybridized carbons (Fsp3) is 0.0800. The van der Waals surface area contributed by atoms with Crippen LogP contribution in [0.4, 0.5) is 0 Å². The van der Waals surface area contributed by atoms with Gasteiger partial charge < -0.3 is 4.74 Å². The Morgan fingerprint density at radius 3 is 2.67 bits per heavy atom. The van der Waals surface area contributed by atoms with Gasteiger partial charge in [-0.2, -0.15) is 10.2 Å². The highest BCUT2D eigenvalue weighted by Gasteiger charge is 2.12. The average Bonchev–Trinajstić information content (AvgIpc) is 3.23. The van der Waals surface area contributed by atoms with Crippen LogP contribution >= 0.6 is 23.2 Å². The molecule has 166 valence electrons. The highest BCUT2D eigenvalue weighted by Crippen LogP contribution is 2.27. The number of ether oxygens (including phenoxy) is 1. The van der Waals surface area contributed by atoms with Crippen molar-refractivity contribution in [2.45, 2.75) is 6.92 Å². The van der Waals surface area contributed by atoms with Gasteiger partial charge in [-0.25, -0.2) is 10.1 Å². The number of nitrogens with one attached hydrogen (secondary N) is 1. The van der Waals surface area contributed by atoms with Crippen LogP contribution in [0.1, 0.15) is 11.1 Å². The number of para-hydroxylation sites is 1. The van der Waals surface area contributed by atoms with E-state index in [1.165, 1.54) is 0 Å². The molecule has 4 aromatic rings. The van der Waals surface area contributed by atoms with Crippen LogP contribution in [0, 0.1) is 6.92 Å². The average molecular weight is 479 g/mol. The monoisotopic (exact) mass is 478 g/mol. The smallest absolute Gasteiger partial charge is 0.277 e. The maximum Gasteiger partial charge on any atom is 0.277 e. The lowest BCUT2D eigenvalue weighted by Gasteiger charge is -2.07. The molecule has 0 saturated carbocycles. The number of carbonyl (C=O) groups excluding carboxylic acids is 1. The van der Waals surface area contributed by atoms with E-state index in [2.05, 4.69) is 16.6 Å². The Balaban J connectivity index is 1.50. The standard InChI is InChI=1S/C25H20Cl2N4O2/c1-17-6-5-7-18(12-17)25-19(15-31(30-25)21-8-3-2-4-9-21)14-28-29-24(32)16-33-23-11-10-20(26)13-22(23)27/h2-15H,16H2,1H3,(H,29,32). The summed E-state index contributed by atoms with van der Waals surface area (Å²) in [6, 6.07) is 22.6. The van der Waals surface area contributed by atoms with Crippen LogP contribution in [0.15, 0.2) is 84.1 Å². The Bertz CT molecular complexity index is 1300. The van der Waals surface area contributed by atoms with E-state index in [0.717, 1.165) is 28.1 Å². The Hall–Kier alpha value is -3.61. The highest BCUT2D eigenvalue weighted by atomic mass is 35.5. The fourth-order valence-electron chi connectivity index (χ4n) is 3.15. The van der Waals surface area contributed by atoms with Crippen molar-refractivity contribution in [1.29, 1.82) is 0 Å². The molecule has 0 fully saturated rings. The number of aryl methyl sites for hydroxylation is 1. The summed E-state index contributed by atoms with van der Waals surface area (Å²) in [5.41, 5.74) is 6.98. The second-order valence-corrected chi connectivity index (χ2v) is 8.08. The Morgan fingerprint density at radius 1 is 1.09 bits per heavy atom. The zero-order valence-electron chi connectivity index (χ0n) is 17.7. The third-order valence-corrected chi connectivity index (χ3v) is 5.23. The van der Waals surface area contributed by atoms with E-state index < -0.39 is 5.91 Å². The van der Waals surface area contributed by atoms with Crippen LogP contribution < -0.4 is 10.2 Å². The fourth-order valence-corrected chi connectivity index (χ4v) is 3.62. The summed E-state index contributed by atoms with van der Waals surface area (Å²) in [4.78, 5) is 12.2. The van der Waals surface area contributed by atoms with E-state index in [9.17, 15) is 4.79 Å².